The minimum atomic E-state index is -1.01. The van der Waals surface area contributed by atoms with Gasteiger partial charge in [0, 0.05) is 12.2 Å². The van der Waals surface area contributed by atoms with Crippen molar-refractivity contribution in [2.75, 3.05) is 5.32 Å². The number of nitrogens with zero attached hydrogens (tertiary/aromatic N) is 1. The molecule has 1 unspecified atom stereocenters. The fourth-order valence-electron chi connectivity index (χ4n) is 1.09. The third kappa shape index (κ3) is 3.09. The summed E-state index contributed by atoms with van der Waals surface area (Å²) in [5, 5.41) is 12.3. The molecule has 82 valence electrons. The van der Waals surface area contributed by atoms with E-state index in [-0.39, 0.29) is 16.8 Å². The number of aromatic carboxylic acids is 1. The van der Waals surface area contributed by atoms with Gasteiger partial charge >= 0.3 is 5.97 Å². The van der Waals surface area contributed by atoms with Gasteiger partial charge in [-0.3, -0.25) is 0 Å². The van der Waals surface area contributed by atoms with Crippen LogP contribution in [0.4, 0.5) is 5.69 Å². The Morgan fingerprint density at radius 2 is 2.40 bits per heavy atom. The number of carboxylic acid groups (broad SMARTS) is 1. The molecule has 2 N–H and O–H groups in total. The molecule has 0 aliphatic rings. The molecule has 1 aromatic rings. The molecule has 0 saturated heterocycles. The minimum absolute atomic E-state index is 0.139. The minimum Gasteiger partial charge on any atom is -0.478 e. The first kappa shape index (κ1) is 11.8. The molecule has 0 bridgehead atoms. The Bertz CT molecular complexity index is 368. The number of hydrogen-bond acceptors (Lipinski definition) is 3. The summed E-state index contributed by atoms with van der Waals surface area (Å²) < 4.78 is 0. The van der Waals surface area contributed by atoms with Gasteiger partial charge in [0.15, 0.2) is 0 Å². The van der Waals surface area contributed by atoms with Gasteiger partial charge in [-0.1, -0.05) is 18.5 Å². The van der Waals surface area contributed by atoms with E-state index in [2.05, 4.69) is 10.3 Å². The summed E-state index contributed by atoms with van der Waals surface area (Å²) >= 11 is 5.70. The first-order valence-corrected chi connectivity index (χ1v) is 5.07. The Hall–Kier alpha value is -1.29. The van der Waals surface area contributed by atoms with E-state index in [0.29, 0.717) is 5.69 Å². The summed E-state index contributed by atoms with van der Waals surface area (Å²) in [4.78, 5) is 14.6. The average molecular weight is 229 g/mol. The predicted molar refractivity (Wildman–Crippen MR) is 59.6 cm³/mol. The van der Waals surface area contributed by atoms with E-state index in [1.54, 1.807) is 0 Å². The van der Waals surface area contributed by atoms with Gasteiger partial charge in [-0.25, -0.2) is 9.78 Å². The van der Waals surface area contributed by atoms with Crippen LogP contribution in [-0.4, -0.2) is 22.1 Å². The standard InChI is InChI=1S/C10H13ClN2O2/c1-3-6(2)13-8-4-9(11)12-5-7(8)10(14)15/h4-6H,3H2,1-2H3,(H,12,13)(H,14,15). The lowest BCUT2D eigenvalue weighted by Gasteiger charge is -2.14. The van der Waals surface area contributed by atoms with Crippen LogP contribution in [0.5, 0.6) is 0 Å². The highest BCUT2D eigenvalue weighted by Gasteiger charge is 2.12. The third-order valence-electron chi connectivity index (χ3n) is 2.12. The summed E-state index contributed by atoms with van der Waals surface area (Å²) in [7, 11) is 0. The Balaban J connectivity index is 3.02. The van der Waals surface area contributed by atoms with Crippen LogP contribution in [0.15, 0.2) is 12.3 Å². The number of carboxylic acids is 1. The van der Waals surface area contributed by atoms with E-state index in [0.717, 1.165) is 6.42 Å². The molecule has 0 amide bonds. The quantitative estimate of drug-likeness (QED) is 0.778. The van der Waals surface area contributed by atoms with Gasteiger partial charge in [0.25, 0.3) is 0 Å². The SMILES string of the molecule is CCC(C)Nc1cc(Cl)ncc1C(=O)O. The van der Waals surface area contributed by atoms with E-state index < -0.39 is 5.97 Å². The molecule has 1 heterocycles. The fourth-order valence-corrected chi connectivity index (χ4v) is 1.25. The number of carbonyl (C=O) groups is 1. The Kier molecular flexibility index (Phi) is 3.91. The molecule has 15 heavy (non-hydrogen) atoms. The van der Waals surface area contributed by atoms with Crippen molar-refractivity contribution in [3.8, 4) is 0 Å². The van der Waals surface area contributed by atoms with Gasteiger partial charge in [-0.2, -0.15) is 0 Å². The first-order chi connectivity index (χ1) is 7.04. The third-order valence-corrected chi connectivity index (χ3v) is 2.32. The van der Waals surface area contributed by atoms with Crippen molar-refractivity contribution in [2.24, 2.45) is 0 Å². The zero-order chi connectivity index (χ0) is 11.4. The zero-order valence-electron chi connectivity index (χ0n) is 8.62. The number of nitrogens with one attached hydrogen (secondary N) is 1. The second kappa shape index (κ2) is 4.98. The van der Waals surface area contributed by atoms with Gasteiger partial charge in [0.05, 0.1) is 5.69 Å². The molecule has 1 atom stereocenters. The van der Waals surface area contributed by atoms with E-state index in [1.165, 1.54) is 12.3 Å². The van der Waals surface area contributed by atoms with E-state index >= 15 is 0 Å². The van der Waals surface area contributed by atoms with Crippen LogP contribution in [-0.2, 0) is 0 Å². The van der Waals surface area contributed by atoms with Crippen molar-refractivity contribution >= 4 is 23.3 Å². The maximum absolute atomic E-state index is 10.9. The van der Waals surface area contributed by atoms with E-state index in [4.69, 9.17) is 16.7 Å². The molecular weight excluding hydrogens is 216 g/mol. The number of pyridine rings is 1. The molecule has 0 aliphatic carbocycles. The first-order valence-electron chi connectivity index (χ1n) is 4.70. The number of anilines is 1. The van der Waals surface area contributed by atoms with Gasteiger partial charge in [0.1, 0.15) is 10.7 Å². The van der Waals surface area contributed by atoms with Gasteiger partial charge < -0.3 is 10.4 Å². The van der Waals surface area contributed by atoms with Crippen LogP contribution < -0.4 is 5.32 Å². The lowest BCUT2D eigenvalue weighted by molar-refractivity contribution is 0.0697. The van der Waals surface area contributed by atoms with Gasteiger partial charge in [-0.05, 0) is 19.4 Å². The smallest absolute Gasteiger partial charge is 0.339 e. The maximum atomic E-state index is 10.9. The zero-order valence-corrected chi connectivity index (χ0v) is 9.38. The number of halogens is 1. The van der Waals surface area contributed by atoms with Crippen molar-refractivity contribution in [1.82, 2.24) is 4.98 Å². The van der Waals surface area contributed by atoms with Gasteiger partial charge in [-0.15, -0.1) is 0 Å². The van der Waals surface area contributed by atoms with Crippen molar-refractivity contribution in [3.63, 3.8) is 0 Å². The van der Waals surface area contributed by atoms with Crippen LogP contribution in [0.3, 0.4) is 0 Å². The normalized spacial score (nSPS) is 12.2. The van der Waals surface area contributed by atoms with Crippen LogP contribution in [0.2, 0.25) is 5.15 Å². The molecule has 0 radical (unpaired) electrons. The van der Waals surface area contributed by atoms with Crippen molar-refractivity contribution in [1.29, 1.82) is 0 Å². The summed E-state index contributed by atoms with van der Waals surface area (Å²) in [6, 6.07) is 1.72. The topological polar surface area (TPSA) is 62.2 Å². The molecule has 1 aromatic heterocycles. The summed E-state index contributed by atoms with van der Waals surface area (Å²) in [5.74, 6) is -1.01. The van der Waals surface area contributed by atoms with Gasteiger partial charge in [0.2, 0.25) is 0 Å². The number of aromatic nitrogens is 1. The van der Waals surface area contributed by atoms with Crippen LogP contribution >= 0.6 is 11.6 Å². The fraction of sp³-hybridized carbons (Fsp3) is 0.400. The highest BCUT2D eigenvalue weighted by atomic mass is 35.5. The summed E-state index contributed by atoms with van der Waals surface area (Å²) in [5.41, 5.74) is 0.650. The van der Waals surface area contributed by atoms with Crippen molar-refractivity contribution in [2.45, 2.75) is 26.3 Å². The molecule has 0 aromatic carbocycles. The lowest BCUT2D eigenvalue weighted by Crippen LogP contribution is -2.16. The largest absolute Gasteiger partial charge is 0.478 e. The van der Waals surface area contributed by atoms with Crippen molar-refractivity contribution in [3.05, 3.63) is 23.0 Å². The molecule has 0 saturated carbocycles. The number of rotatable bonds is 4. The predicted octanol–water partition coefficient (Wildman–Crippen LogP) is 2.64. The Morgan fingerprint density at radius 1 is 1.73 bits per heavy atom. The molecule has 0 aliphatic heterocycles. The van der Waals surface area contributed by atoms with Crippen LogP contribution in [0.25, 0.3) is 0 Å². The lowest BCUT2D eigenvalue weighted by atomic mass is 10.2. The maximum Gasteiger partial charge on any atom is 0.339 e. The summed E-state index contributed by atoms with van der Waals surface area (Å²) in [6.45, 7) is 3.99. The molecule has 1 rings (SSSR count). The molecule has 0 spiro atoms. The second-order valence-electron chi connectivity index (χ2n) is 3.31. The molecule has 0 fully saturated rings. The van der Waals surface area contributed by atoms with E-state index in [1.807, 2.05) is 13.8 Å². The highest BCUT2D eigenvalue weighted by molar-refractivity contribution is 6.29. The highest BCUT2D eigenvalue weighted by Crippen LogP contribution is 2.19. The summed E-state index contributed by atoms with van der Waals surface area (Å²) in [6.07, 6.45) is 2.16. The molecule has 5 heteroatoms. The van der Waals surface area contributed by atoms with Crippen LogP contribution in [0, 0.1) is 0 Å². The molecular formula is C10H13ClN2O2. The van der Waals surface area contributed by atoms with E-state index in [9.17, 15) is 4.79 Å². The second-order valence-corrected chi connectivity index (χ2v) is 3.70. The van der Waals surface area contributed by atoms with Crippen molar-refractivity contribution < 1.29 is 9.90 Å². The average Bonchev–Trinajstić information content (AvgIpc) is 2.17. The Labute approximate surface area is 93.3 Å². The number of hydrogen-bond donors (Lipinski definition) is 2. The monoisotopic (exact) mass is 228 g/mol. The molecule has 4 nitrogen and oxygen atoms in total. The Morgan fingerprint density at radius 3 is 2.93 bits per heavy atom. The van der Waals surface area contributed by atoms with Crippen LogP contribution in [0.1, 0.15) is 30.6 Å².